The minimum Gasteiger partial charge on any atom is -0.377 e. The van der Waals surface area contributed by atoms with Gasteiger partial charge in [-0.3, -0.25) is 9.69 Å². The van der Waals surface area contributed by atoms with Crippen molar-refractivity contribution in [3.05, 3.63) is 29.8 Å². The quantitative estimate of drug-likeness (QED) is 0.626. The van der Waals surface area contributed by atoms with Gasteiger partial charge in [-0.2, -0.15) is 0 Å². The lowest BCUT2D eigenvalue weighted by molar-refractivity contribution is -0.0780. The van der Waals surface area contributed by atoms with Gasteiger partial charge in [-0.1, -0.05) is 13.8 Å². The van der Waals surface area contributed by atoms with Gasteiger partial charge in [-0.25, -0.2) is 0 Å². The molecule has 2 atom stereocenters. The molecular weight excluding hydrogens is 384 g/mol. The number of amides is 1. The number of benzene rings is 1. The van der Waals surface area contributed by atoms with E-state index in [1.54, 1.807) is 0 Å². The third kappa shape index (κ3) is 6.99. The van der Waals surface area contributed by atoms with Crippen LogP contribution in [0.2, 0.25) is 0 Å². The van der Waals surface area contributed by atoms with Crippen molar-refractivity contribution >= 4 is 17.7 Å². The van der Waals surface area contributed by atoms with E-state index >= 15 is 0 Å². The topological polar surface area (TPSA) is 42.0 Å². The summed E-state index contributed by atoms with van der Waals surface area (Å²) in [7, 11) is 0. The van der Waals surface area contributed by atoms with E-state index in [1.165, 1.54) is 4.90 Å². The first kappa shape index (κ1) is 22.6. The molecule has 2 aliphatic rings. The maximum absolute atomic E-state index is 12.8. The number of nitrogens with zero attached hydrogens (tertiary/aromatic N) is 2. The Morgan fingerprint density at radius 2 is 1.76 bits per heavy atom. The third-order valence-electron chi connectivity index (χ3n) is 5.46. The number of thioether (sulfide) groups is 1. The maximum Gasteiger partial charge on any atom is 0.253 e. The van der Waals surface area contributed by atoms with E-state index in [9.17, 15) is 4.79 Å². The summed E-state index contributed by atoms with van der Waals surface area (Å²) in [6.45, 7) is 13.8. The molecule has 5 nitrogen and oxygen atoms in total. The van der Waals surface area contributed by atoms with Gasteiger partial charge in [-0.15, -0.1) is 11.8 Å². The summed E-state index contributed by atoms with van der Waals surface area (Å²) in [4.78, 5) is 18.4. The molecule has 2 fully saturated rings. The average Bonchev–Trinajstić information content (AvgIpc) is 2.67. The SMILES string of the molecule is CC1CN(CCOC2CCN(C(=O)c3ccc(SC(C)C)cc3)CC2)CC(C)O1. The predicted molar refractivity (Wildman–Crippen MR) is 119 cm³/mol. The molecule has 0 aliphatic carbocycles. The van der Waals surface area contributed by atoms with Crippen LogP contribution < -0.4 is 0 Å². The number of piperidine rings is 1. The summed E-state index contributed by atoms with van der Waals surface area (Å²) in [6, 6.07) is 8.03. The van der Waals surface area contributed by atoms with Crippen molar-refractivity contribution < 1.29 is 14.3 Å². The standard InChI is InChI=1S/C23H36N2O3S/c1-17(2)29-22-7-5-20(6-8-22)23(26)25-11-9-21(10-12-25)27-14-13-24-15-18(3)28-19(4)16-24/h5-8,17-19,21H,9-16H2,1-4H3. The molecule has 0 spiro atoms. The van der Waals surface area contributed by atoms with Crippen molar-refractivity contribution in [2.75, 3.05) is 39.3 Å². The molecule has 0 radical (unpaired) electrons. The molecule has 3 rings (SSSR count). The number of rotatable bonds is 7. The summed E-state index contributed by atoms with van der Waals surface area (Å²) in [6.07, 6.45) is 2.70. The highest BCUT2D eigenvalue weighted by atomic mass is 32.2. The van der Waals surface area contributed by atoms with Gasteiger partial charge < -0.3 is 14.4 Å². The highest BCUT2D eigenvalue weighted by Crippen LogP contribution is 2.24. The van der Waals surface area contributed by atoms with Gasteiger partial charge in [0.2, 0.25) is 0 Å². The number of ether oxygens (including phenoxy) is 2. The number of hydrogen-bond donors (Lipinski definition) is 0. The zero-order valence-electron chi connectivity index (χ0n) is 18.3. The Morgan fingerprint density at radius 3 is 2.34 bits per heavy atom. The molecule has 2 unspecified atom stereocenters. The van der Waals surface area contributed by atoms with Crippen LogP contribution >= 0.6 is 11.8 Å². The normalized spacial score (nSPS) is 24.2. The van der Waals surface area contributed by atoms with Gasteiger partial charge in [0.1, 0.15) is 0 Å². The lowest BCUT2D eigenvalue weighted by atomic mass is 10.1. The Labute approximate surface area is 180 Å². The molecule has 0 aromatic heterocycles. The largest absolute Gasteiger partial charge is 0.377 e. The van der Waals surface area contributed by atoms with E-state index in [1.807, 2.05) is 28.8 Å². The fourth-order valence-corrected chi connectivity index (χ4v) is 5.01. The molecule has 0 bridgehead atoms. The molecule has 2 heterocycles. The predicted octanol–water partition coefficient (Wildman–Crippen LogP) is 3.92. The third-order valence-corrected chi connectivity index (χ3v) is 6.47. The first-order chi connectivity index (χ1) is 13.9. The van der Waals surface area contributed by atoms with E-state index in [4.69, 9.17) is 9.47 Å². The second kappa shape index (κ2) is 10.8. The van der Waals surface area contributed by atoms with Crippen molar-refractivity contribution in [1.82, 2.24) is 9.80 Å². The molecular formula is C23H36N2O3S. The molecule has 6 heteroatoms. The molecule has 1 amide bonds. The van der Waals surface area contributed by atoms with Crippen LogP contribution in [0, 0.1) is 0 Å². The fraction of sp³-hybridized carbons (Fsp3) is 0.696. The van der Waals surface area contributed by atoms with Gasteiger partial charge >= 0.3 is 0 Å². The lowest BCUT2D eigenvalue weighted by Crippen LogP contribution is -2.47. The summed E-state index contributed by atoms with van der Waals surface area (Å²) in [5.74, 6) is 0.140. The van der Waals surface area contributed by atoms with Crippen LogP contribution in [-0.4, -0.2) is 78.6 Å². The van der Waals surface area contributed by atoms with E-state index in [2.05, 4.69) is 44.7 Å². The van der Waals surface area contributed by atoms with Crippen LogP contribution in [-0.2, 0) is 9.47 Å². The molecule has 29 heavy (non-hydrogen) atoms. The van der Waals surface area contributed by atoms with Crippen molar-refractivity contribution in [3.63, 3.8) is 0 Å². The van der Waals surface area contributed by atoms with Gasteiger partial charge in [0, 0.05) is 48.4 Å². The molecule has 0 N–H and O–H groups in total. The minimum atomic E-state index is 0.140. The summed E-state index contributed by atoms with van der Waals surface area (Å²) < 4.78 is 11.9. The fourth-order valence-electron chi connectivity index (χ4n) is 4.17. The zero-order chi connectivity index (χ0) is 20.8. The summed E-state index contributed by atoms with van der Waals surface area (Å²) in [5, 5.41) is 0.547. The van der Waals surface area contributed by atoms with Crippen molar-refractivity contribution in [3.8, 4) is 0 Å². The number of carbonyl (C=O) groups excluding carboxylic acids is 1. The molecule has 2 saturated heterocycles. The Hall–Kier alpha value is -1.08. The van der Waals surface area contributed by atoms with E-state index in [0.717, 1.165) is 57.7 Å². The zero-order valence-corrected chi connectivity index (χ0v) is 19.1. The van der Waals surface area contributed by atoms with Gasteiger partial charge in [-0.05, 0) is 51.0 Å². The number of hydrogen-bond acceptors (Lipinski definition) is 5. The Bertz CT molecular complexity index is 634. The van der Waals surface area contributed by atoms with Crippen LogP contribution in [0.1, 0.15) is 50.9 Å². The highest BCUT2D eigenvalue weighted by Gasteiger charge is 2.25. The van der Waals surface area contributed by atoms with Crippen molar-refractivity contribution in [2.24, 2.45) is 0 Å². The van der Waals surface area contributed by atoms with E-state index in [0.29, 0.717) is 17.5 Å². The number of carbonyl (C=O) groups is 1. The monoisotopic (exact) mass is 420 g/mol. The van der Waals surface area contributed by atoms with Crippen LogP contribution in [0.15, 0.2) is 29.2 Å². The first-order valence-corrected chi connectivity index (χ1v) is 11.8. The van der Waals surface area contributed by atoms with E-state index in [-0.39, 0.29) is 12.0 Å². The highest BCUT2D eigenvalue weighted by molar-refractivity contribution is 7.99. The Balaban J connectivity index is 1.38. The molecule has 2 aliphatic heterocycles. The minimum absolute atomic E-state index is 0.140. The van der Waals surface area contributed by atoms with Crippen LogP contribution in [0.25, 0.3) is 0 Å². The lowest BCUT2D eigenvalue weighted by Gasteiger charge is -2.36. The maximum atomic E-state index is 12.8. The molecule has 162 valence electrons. The Morgan fingerprint density at radius 1 is 1.14 bits per heavy atom. The van der Waals surface area contributed by atoms with Gasteiger partial charge in [0.15, 0.2) is 0 Å². The smallest absolute Gasteiger partial charge is 0.253 e. The second-order valence-corrected chi connectivity index (χ2v) is 10.2. The van der Waals surface area contributed by atoms with Crippen LogP contribution in [0.3, 0.4) is 0 Å². The Kier molecular flexibility index (Phi) is 8.42. The summed E-state index contributed by atoms with van der Waals surface area (Å²) in [5.41, 5.74) is 0.785. The number of likely N-dealkylation sites (tertiary alicyclic amines) is 1. The number of morpholine rings is 1. The average molecular weight is 421 g/mol. The van der Waals surface area contributed by atoms with Gasteiger partial charge in [0.05, 0.1) is 24.9 Å². The molecule has 1 aromatic carbocycles. The van der Waals surface area contributed by atoms with Crippen LogP contribution in [0.5, 0.6) is 0 Å². The van der Waals surface area contributed by atoms with Gasteiger partial charge in [0.25, 0.3) is 5.91 Å². The second-order valence-electron chi connectivity index (χ2n) is 8.57. The first-order valence-electron chi connectivity index (χ1n) is 11.0. The van der Waals surface area contributed by atoms with Crippen molar-refractivity contribution in [2.45, 2.75) is 69.0 Å². The van der Waals surface area contributed by atoms with Crippen molar-refractivity contribution in [1.29, 1.82) is 0 Å². The molecule has 0 saturated carbocycles. The molecule has 1 aromatic rings. The van der Waals surface area contributed by atoms with Crippen LogP contribution in [0.4, 0.5) is 0 Å². The van der Waals surface area contributed by atoms with E-state index < -0.39 is 0 Å². The summed E-state index contributed by atoms with van der Waals surface area (Å²) >= 11 is 1.82.